The van der Waals surface area contributed by atoms with Crippen molar-refractivity contribution in [3.63, 3.8) is 0 Å². The molecule has 19 heavy (non-hydrogen) atoms. The van der Waals surface area contributed by atoms with Crippen LogP contribution in [0, 0.1) is 15.9 Å². The highest BCUT2D eigenvalue weighted by atomic mass is 79.9. The average Bonchev–Trinajstić information content (AvgIpc) is 2.30. The molecule has 0 spiro atoms. The number of hydrogen-bond acceptors (Lipinski definition) is 4. The fourth-order valence-corrected chi connectivity index (χ4v) is 2.20. The van der Waals surface area contributed by atoms with Gasteiger partial charge in [0, 0.05) is 16.7 Å². The van der Waals surface area contributed by atoms with Crippen molar-refractivity contribution in [2.45, 2.75) is 0 Å². The number of rotatable bonds is 3. The summed E-state index contributed by atoms with van der Waals surface area (Å²) in [5, 5.41) is 10.9. The third-order valence-electron chi connectivity index (χ3n) is 2.09. The lowest BCUT2D eigenvalue weighted by molar-refractivity contribution is -0.386. The molecule has 0 fully saturated rings. The Morgan fingerprint density at radius 2 is 2.00 bits per heavy atom. The first-order valence-electron chi connectivity index (χ1n) is 4.89. The number of aromatic nitrogens is 1. The summed E-state index contributed by atoms with van der Waals surface area (Å²) in [6.45, 7) is 0. The molecule has 0 atom stereocenters. The molecule has 0 saturated carbocycles. The van der Waals surface area contributed by atoms with Crippen LogP contribution in [0.3, 0.4) is 0 Å². The van der Waals surface area contributed by atoms with Crippen molar-refractivity contribution in [1.29, 1.82) is 0 Å². The zero-order valence-corrected chi connectivity index (χ0v) is 12.3. The van der Waals surface area contributed by atoms with Gasteiger partial charge in [0.05, 0.1) is 9.40 Å². The Hall–Kier alpha value is -1.54. The lowest BCUT2D eigenvalue weighted by Gasteiger charge is -2.08. The molecule has 0 amide bonds. The van der Waals surface area contributed by atoms with E-state index in [9.17, 15) is 14.5 Å². The third-order valence-corrected chi connectivity index (χ3v) is 3.11. The minimum atomic E-state index is -0.624. The predicted molar refractivity (Wildman–Crippen MR) is 72.8 cm³/mol. The Morgan fingerprint density at radius 1 is 1.26 bits per heavy atom. The van der Waals surface area contributed by atoms with E-state index < -0.39 is 10.7 Å². The van der Waals surface area contributed by atoms with Crippen molar-refractivity contribution in [1.82, 2.24) is 4.98 Å². The van der Waals surface area contributed by atoms with E-state index in [4.69, 9.17) is 4.74 Å². The number of ether oxygens (including phenoxy) is 1. The van der Waals surface area contributed by atoms with E-state index in [0.29, 0.717) is 8.95 Å². The summed E-state index contributed by atoms with van der Waals surface area (Å²) in [7, 11) is 0. The van der Waals surface area contributed by atoms with E-state index in [1.54, 1.807) is 0 Å². The van der Waals surface area contributed by atoms with Gasteiger partial charge in [-0.15, -0.1) is 0 Å². The highest BCUT2D eigenvalue weighted by molar-refractivity contribution is 9.10. The fraction of sp³-hybridized carbons (Fsp3) is 0. The van der Waals surface area contributed by atoms with E-state index >= 15 is 0 Å². The molecule has 2 rings (SSSR count). The van der Waals surface area contributed by atoms with Gasteiger partial charge in [-0.25, -0.2) is 4.39 Å². The van der Waals surface area contributed by atoms with E-state index in [1.165, 1.54) is 18.3 Å². The van der Waals surface area contributed by atoms with Crippen LogP contribution in [-0.2, 0) is 0 Å². The Balaban J connectivity index is 2.45. The van der Waals surface area contributed by atoms with E-state index in [-0.39, 0.29) is 17.2 Å². The Labute approximate surface area is 123 Å². The summed E-state index contributed by atoms with van der Waals surface area (Å²) in [6, 6.07) is 3.88. The SMILES string of the molecule is O=[N+]([O-])c1cncc(Br)c1Oc1cc(F)cc(Br)c1. The van der Waals surface area contributed by atoms with Crippen molar-refractivity contribution >= 4 is 37.5 Å². The fourth-order valence-electron chi connectivity index (χ4n) is 1.35. The van der Waals surface area contributed by atoms with Gasteiger partial charge in [-0.1, -0.05) is 15.9 Å². The number of hydrogen-bond donors (Lipinski definition) is 0. The first kappa shape index (κ1) is 13.9. The van der Waals surface area contributed by atoms with Crippen LogP contribution in [0.5, 0.6) is 11.5 Å². The largest absolute Gasteiger partial charge is 0.449 e. The highest BCUT2D eigenvalue weighted by Crippen LogP contribution is 2.37. The molecule has 0 bridgehead atoms. The summed E-state index contributed by atoms with van der Waals surface area (Å²) in [5.41, 5.74) is -0.310. The monoisotopic (exact) mass is 390 g/mol. The van der Waals surface area contributed by atoms with Crippen molar-refractivity contribution in [3.05, 3.63) is 55.5 Å². The van der Waals surface area contributed by atoms with E-state index in [1.807, 2.05) is 0 Å². The van der Waals surface area contributed by atoms with Crippen molar-refractivity contribution in [2.24, 2.45) is 0 Å². The van der Waals surface area contributed by atoms with Gasteiger partial charge in [-0.05, 0) is 28.1 Å². The second kappa shape index (κ2) is 5.62. The quantitative estimate of drug-likeness (QED) is 0.572. The zero-order chi connectivity index (χ0) is 14.0. The molecule has 1 aromatic heterocycles. The van der Waals surface area contributed by atoms with Crippen LogP contribution < -0.4 is 4.74 Å². The van der Waals surface area contributed by atoms with Crippen LogP contribution >= 0.6 is 31.9 Å². The van der Waals surface area contributed by atoms with E-state index in [0.717, 1.165) is 12.3 Å². The normalized spacial score (nSPS) is 10.3. The summed E-state index contributed by atoms with van der Waals surface area (Å²) in [4.78, 5) is 13.9. The predicted octanol–water partition coefficient (Wildman–Crippen LogP) is 4.45. The highest BCUT2D eigenvalue weighted by Gasteiger charge is 2.20. The lowest BCUT2D eigenvalue weighted by atomic mass is 10.3. The summed E-state index contributed by atoms with van der Waals surface area (Å²) in [6.07, 6.45) is 2.42. The van der Waals surface area contributed by atoms with E-state index in [2.05, 4.69) is 36.8 Å². The van der Waals surface area contributed by atoms with Crippen LogP contribution in [0.4, 0.5) is 10.1 Å². The number of halogens is 3. The maximum Gasteiger partial charge on any atom is 0.330 e. The molecule has 8 heteroatoms. The maximum atomic E-state index is 13.2. The second-order valence-corrected chi connectivity index (χ2v) is 5.20. The van der Waals surface area contributed by atoms with Gasteiger partial charge in [0.15, 0.2) is 0 Å². The Kier molecular flexibility index (Phi) is 4.11. The number of nitro groups is 1. The Bertz CT molecular complexity index is 632. The van der Waals surface area contributed by atoms with Crippen LogP contribution in [0.25, 0.3) is 0 Å². The summed E-state index contributed by atoms with van der Waals surface area (Å²) in [5.74, 6) is -0.406. The van der Waals surface area contributed by atoms with Gasteiger partial charge in [-0.3, -0.25) is 15.1 Å². The van der Waals surface area contributed by atoms with Crippen molar-refractivity contribution in [3.8, 4) is 11.5 Å². The van der Waals surface area contributed by atoms with Gasteiger partial charge in [-0.2, -0.15) is 0 Å². The van der Waals surface area contributed by atoms with Crippen molar-refractivity contribution in [2.75, 3.05) is 0 Å². The lowest BCUT2D eigenvalue weighted by Crippen LogP contribution is -1.95. The van der Waals surface area contributed by atoms with Gasteiger partial charge in [0.2, 0.25) is 5.75 Å². The number of benzene rings is 1. The molecule has 5 nitrogen and oxygen atoms in total. The molecule has 0 N–H and O–H groups in total. The standard InChI is InChI=1S/C11H5Br2FN2O3/c12-6-1-7(14)3-8(2-6)19-11-9(13)4-15-5-10(11)16(17)18/h1-5H. The van der Waals surface area contributed by atoms with Gasteiger partial charge < -0.3 is 4.74 Å². The molecule has 0 aliphatic heterocycles. The smallest absolute Gasteiger partial charge is 0.330 e. The summed E-state index contributed by atoms with van der Waals surface area (Å²) >= 11 is 6.23. The molecule has 0 unspecified atom stereocenters. The minimum absolute atomic E-state index is 0.0301. The van der Waals surface area contributed by atoms with Crippen LogP contribution in [0.2, 0.25) is 0 Å². The second-order valence-electron chi connectivity index (χ2n) is 3.43. The molecule has 0 aliphatic rings. The van der Waals surface area contributed by atoms with Crippen LogP contribution in [0.15, 0.2) is 39.5 Å². The third kappa shape index (κ3) is 3.27. The number of nitrogens with zero attached hydrogens (tertiary/aromatic N) is 2. The van der Waals surface area contributed by atoms with Crippen LogP contribution in [0.1, 0.15) is 0 Å². The molecular weight excluding hydrogens is 387 g/mol. The molecule has 0 aliphatic carbocycles. The maximum absolute atomic E-state index is 13.2. The zero-order valence-electron chi connectivity index (χ0n) is 9.14. The van der Waals surface area contributed by atoms with Gasteiger partial charge >= 0.3 is 5.69 Å². The molecule has 1 aromatic carbocycles. The molecule has 2 aromatic rings. The molecular formula is C11H5Br2FN2O3. The minimum Gasteiger partial charge on any atom is -0.449 e. The number of pyridine rings is 1. The van der Waals surface area contributed by atoms with Gasteiger partial charge in [0.1, 0.15) is 17.8 Å². The first-order chi connectivity index (χ1) is 8.97. The molecule has 0 radical (unpaired) electrons. The van der Waals surface area contributed by atoms with Crippen LogP contribution in [-0.4, -0.2) is 9.91 Å². The topological polar surface area (TPSA) is 65.3 Å². The molecule has 0 saturated heterocycles. The molecule has 98 valence electrons. The average molecular weight is 392 g/mol. The van der Waals surface area contributed by atoms with Crippen molar-refractivity contribution < 1.29 is 14.1 Å². The Morgan fingerprint density at radius 3 is 2.63 bits per heavy atom. The molecule has 1 heterocycles. The van der Waals surface area contributed by atoms with Gasteiger partial charge in [0.25, 0.3) is 0 Å². The first-order valence-corrected chi connectivity index (χ1v) is 6.48. The summed E-state index contributed by atoms with van der Waals surface area (Å²) < 4.78 is 19.4.